The number of benzene rings is 1. The molecule has 0 unspecified atom stereocenters. The molecular formula is C12H14OS. The normalized spacial score (nSPS) is 11.4. The molecule has 0 radical (unpaired) electrons. The third kappa shape index (κ3) is 3.04. The highest BCUT2D eigenvalue weighted by atomic mass is 32.2. The zero-order chi connectivity index (χ0) is 10.4. The Hall–Kier alpha value is -1.02. The van der Waals surface area contributed by atoms with Crippen LogP contribution in [0.5, 0.6) is 0 Å². The van der Waals surface area contributed by atoms with Crippen LogP contribution in [0.3, 0.4) is 0 Å². The van der Waals surface area contributed by atoms with Crippen LogP contribution < -0.4 is 0 Å². The first-order valence-electron chi connectivity index (χ1n) is 4.66. The smallest absolute Gasteiger partial charge is 0.156 e. The largest absolute Gasteiger partial charge is 0.297 e. The van der Waals surface area contributed by atoms with Crippen LogP contribution in [-0.2, 0) is 4.79 Å². The molecule has 74 valence electrons. The van der Waals surface area contributed by atoms with E-state index in [0.29, 0.717) is 0 Å². The molecule has 0 aliphatic heterocycles. The second-order valence-electron chi connectivity index (χ2n) is 3.00. The minimum absolute atomic E-state index is 0.793. The lowest BCUT2D eigenvalue weighted by Gasteiger charge is -2.03. The molecule has 1 aromatic rings. The zero-order valence-corrected chi connectivity index (χ0v) is 9.30. The van der Waals surface area contributed by atoms with Crippen LogP contribution in [0.25, 0.3) is 0 Å². The van der Waals surface area contributed by atoms with E-state index in [-0.39, 0.29) is 0 Å². The monoisotopic (exact) mass is 206 g/mol. The van der Waals surface area contributed by atoms with Crippen molar-refractivity contribution in [2.24, 2.45) is 0 Å². The van der Waals surface area contributed by atoms with Gasteiger partial charge in [0.15, 0.2) is 6.29 Å². The Bertz CT molecular complexity index is 342. The second kappa shape index (κ2) is 5.66. The first-order valence-corrected chi connectivity index (χ1v) is 5.48. The lowest BCUT2D eigenvalue weighted by Crippen LogP contribution is -1.82. The van der Waals surface area contributed by atoms with Gasteiger partial charge in [-0.25, -0.2) is 0 Å². The van der Waals surface area contributed by atoms with Gasteiger partial charge < -0.3 is 0 Å². The van der Waals surface area contributed by atoms with Gasteiger partial charge in [-0.1, -0.05) is 43.0 Å². The molecule has 1 nitrogen and oxygen atoms in total. The van der Waals surface area contributed by atoms with E-state index in [1.54, 1.807) is 0 Å². The van der Waals surface area contributed by atoms with Crippen LogP contribution in [0.15, 0.2) is 40.1 Å². The van der Waals surface area contributed by atoms with E-state index < -0.39 is 0 Å². The van der Waals surface area contributed by atoms with Crippen molar-refractivity contribution in [1.82, 2.24) is 0 Å². The summed E-state index contributed by atoms with van der Waals surface area (Å²) in [7, 11) is 0. The molecule has 0 saturated carbocycles. The SMILES string of the molecule is CC/C=C(/C=O)Sc1ccccc1C. The molecule has 0 aromatic heterocycles. The minimum atomic E-state index is 0.793. The number of hydrogen-bond acceptors (Lipinski definition) is 2. The van der Waals surface area contributed by atoms with Crippen molar-refractivity contribution in [2.75, 3.05) is 0 Å². The molecule has 1 rings (SSSR count). The average Bonchev–Trinajstić information content (AvgIpc) is 2.20. The number of hydrogen-bond donors (Lipinski definition) is 0. The topological polar surface area (TPSA) is 17.1 Å². The van der Waals surface area contributed by atoms with E-state index in [0.717, 1.165) is 22.5 Å². The van der Waals surface area contributed by atoms with Crippen LogP contribution in [0.4, 0.5) is 0 Å². The number of rotatable bonds is 4. The van der Waals surface area contributed by atoms with Gasteiger partial charge in [0.05, 0.1) is 0 Å². The van der Waals surface area contributed by atoms with Crippen molar-refractivity contribution in [1.29, 1.82) is 0 Å². The molecule has 0 fully saturated rings. The van der Waals surface area contributed by atoms with Crippen molar-refractivity contribution in [3.05, 3.63) is 40.8 Å². The third-order valence-electron chi connectivity index (χ3n) is 1.84. The van der Waals surface area contributed by atoms with Gasteiger partial charge in [-0.05, 0) is 25.0 Å². The van der Waals surface area contributed by atoms with Gasteiger partial charge in [-0.15, -0.1) is 0 Å². The fourth-order valence-corrected chi connectivity index (χ4v) is 2.04. The molecule has 0 N–H and O–H groups in total. The Morgan fingerprint density at radius 1 is 1.43 bits per heavy atom. The van der Waals surface area contributed by atoms with Crippen LogP contribution >= 0.6 is 11.8 Å². The molecule has 0 amide bonds. The fraction of sp³-hybridized carbons (Fsp3) is 0.250. The van der Waals surface area contributed by atoms with E-state index in [2.05, 4.69) is 13.0 Å². The van der Waals surface area contributed by atoms with E-state index in [4.69, 9.17) is 0 Å². The van der Waals surface area contributed by atoms with Crippen molar-refractivity contribution in [3.63, 3.8) is 0 Å². The van der Waals surface area contributed by atoms with Gasteiger partial charge in [0.25, 0.3) is 0 Å². The molecule has 0 aliphatic carbocycles. The van der Waals surface area contributed by atoms with Gasteiger partial charge in [0.2, 0.25) is 0 Å². The molecule has 14 heavy (non-hydrogen) atoms. The van der Waals surface area contributed by atoms with E-state index in [1.807, 2.05) is 31.2 Å². The van der Waals surface area contributed by atoms with Crippen molar-refractivity contribution < 1.29 is 4.79 Å². The van der Waals surface area contributed by atoms with Gasteiger partial charge >= 0.3 is 0 Å². The Labute approximate surface area is 89.2 Å². The van der Waals surface area contributed by atoms with E-state index in [1.165, 1.54) is 17.3 Å². The van der Waals surface area contributed by atoms with E-state index in [9.17, 15) is 4.79 Å². The summed E-state index contributed by atoms with van der Waals surface area (Å²) in [6, 6.07) is 8.08. The summed E-state index contributed by atoms with van der Waals surface area (Å²) in [5.74, 6) is 0. The van der Waals surface area contributed by atoms with Crippen LogP contribution in [-0.4, -0.2) is 6.29 Å². The Morgan fingerprint density at radius 3 is 2.71 bits per heavy atom. The summed E-state index contributed by atoms with van der Waals surface area (Å²) in [4.78, 5) is 12.7. The Morgan fingerprint density at radius 2 is 2.14 bits per heavy atom. The minimum Gasteiger partial charge on any atom is -0.297 e. The maximum absolute atomic E-state index is 10.7. The first kappa shape index (κ1) is 11.1. The summed E-state index contributed by atoms with van der Waals surface area (Å²) in [5, 5.41) is 0. The van der Waals surface area contributed by atoms with Gasteiger partial charge in [0.1, 0.15) is 0 Å². The molecule has 0 heterocycles. The first-order chi connectivity index (χ1) is 6.77. The predicted molar refractivity (Wildman–Crippen MR) is 61.5 cm³/mol. The summed E-state index contributed by atoms with van der Waals surface area (Å²) in [5.41, 5.74) is 1.21. The summed E-state index contributed by atoms with van der Waals surface area (Å²) >= 11 is 1.53. The average molecular weight is 206 g/mol. The van der Waals surface area contributed by atoms with Crippen LogP contribution in [0.1, 0.15) is 18.9 Å². The lowest BCUT2D eigenvalue weighted by atomic mass is 10.2. The van der Waals surface area contributed by atoms with E-state index >= 15 is 0 Å². The predicted octanol–water partition coefficient (Wildman–Crippen LogP) is 3.58. The number of thioether (sulfide) groups is 1. The summed E-state index contributed by atoms with van der Waals surface area (Å²) in [6.07, 6.45) is 3.76. The molecule has 0 bridgehead atoms. The van der Waals surface area contributed by atoms with Crippen molar-refractivity contribution in [3.8, 4) is 0 Å². The summed E-state index contributed by atoms with van der Waals surface area (Å²) in [6.45, 7) is 4.08. The van der Waals surface area contributed by atoms with Gasteiger partial charge in [0, 0.05) is 9.80 Å². The van der Waals surface area contributed by atoms with Crippen LogP contribution in [0, 0.1) is 6.92 Å². The van der Waals surface area contributed by atoms with Gasteiger partial charge in [-0.3, -0.25) is 4.79 Å². The second-order valence-corrected chi connectivity index (χ2v) is 4.12. The van der Waals surface area contributed by atoms with Crippen molar-refractivity contribution >= 4 is 18.0 Å². The molecule has 0 spiro atoms. The highest BCUT2D eigenvalue weighted by Gasteiger charge is 2.01. The standard InChI is InChI=1S/C12H14OS/c1-3-6-11(9-13)14-12-8-5-4-7-10(12)2/h4-9H,3H2,1-2H3/b11-6-. The summed E-state index contributed by atoms with van der Waals surface area (Å²) < 4.78 is 0. The maximum Gasteiger partial charge on any atom is 0.156 e. The third-order valence-corrected chi connectivity index (χ3v) is 3.02. The number of allylic oxidation sites excluding steroid dienone is 2. The van der Waals surface area contributed by atoms with Gasteiger partial charge in [-0.2, -0.15) is 0 Å². The molecule has 2 heteroatoms. The van der Waals surface area contributed by atoms with Crippen LogP contribution in [0.2, 0.25) is 0 Å². The molecule has 0 aliphatic rings. The number of carbonyl (C=O) groups excluding carboxylic acids is 1. The lowest BCUT2D eigenvalue weighted by molar-refractivity contribution is -0.104. The molecular weight excluding hydrogens is 192 g/mol. The fourth-order valence-electron chi connectivity index (χ4n) is 1.11. The quantitative estimate of drug-likeness (QED) is 0.425. The highest BCUT2D eigenvalue weighted by molar-refractivity contribution is 8.04. The number of aryl methyl sites for hydroxylation is 1. The number of aldehydes is 1. The molecule has 1 aromatic carbocycles. The Kier molecular flexibility index (Phi) is 4.47. The Balaban J connectivity index is 2.82. The highest BCUT2D eigenvalue weighted by Crippen LogP contribution is 2.27. The molecule has 0 atom stereocenters. The molecule has 0 saturated heterocycles. The number of carbonyl (C=O) groups is 1. The zero-order valence-electron chi connectivity index (χ0n) is 8.49. The van der Waals surface area contributed by atoms with Crippen molar-refractivity contribution in [2.45, 2.75) is 25.2 Å². The maximum atomic E-state index is 10.7.